The van der Waals surface area contributed by atoms with Crippen LogP contribution in [-0.4, -0.2) is 67.0 Å². The van der Waals surface area contributed by atoms with Gasteiger partial charge in [-0.1, -0.05) is 0 Å². The van der Waals surface area contributed by atoms with Gasteiger partial charge in [-0.15, -0.1) is 0 Å². The number of methoxy groups -OCH3 is 1. The van der Waals surface area contributed by atoms with Gasteiger partial charge in [-0.25, -0.2) is 13.9 Å². The van der Waals surface area contributed by atoms with Crippen LogP contribution in [0.1, 0.15) is 0 Å². The second-order valence-corrected chi connectivity index (χ2v) is 6.28. The molecule has 0 radical (unpaired) electrons. The molecular formula is C12H18N2O7S. The van der Waals surface area contributed by atoms with Crippen molar-refractivity contribution in [3.63, 3.8) is 0 Å². The van der Waals surface area contributed by atoms with Crippen molar-refractivity contribution in [3.05, 3.63) is 24.3 Å². The Morgan fingerprint density at radius 2 is 1.95 bits per heavy atom. The van der Waals surface area contributed by atoms with Crippen molar-refractivity contribution < 1.29 is 33.4 Å². The molecule has 1 atom stereocenters. The summed E-state index contributed by atoms with van der Waals surface area (Å²) in [6, 6.07) is 5.42. The molecule has 1 aromatic rings. The van der Waals surface area contributed by atoms with Gasteiger partial charge in [0.15, 0.2) is 0 Å². The first-order valence-corrected chi connectivity index (χ1v) is 7.65. The number of aliphatic hydroxyl groups is 2. The molecular weight excluding hydrogens is 316 g/mol. The molecule has 0 saturated heterocycles. The van der Waals surface area contributed by atoms with Crippen LogP contribution >= 0.6 is 0 Å². The fraction of sp³-hybridized carbons (Fsp3) is 0.417. The maximum Gasteiger partial charge on any atom is 0.258 e. The molecule has 9 nitrogen and oxygen atoms in total. The molecule has 0 unspecified atom stereocenters. The first-order valence-electron chi connectivity index (χ1n) is 6.21. The van der Waals surface area contributed by atoms with E-state index in [1.54, 1.807) is 0 Å². The van der Waals surface area contributed by atoms with Gasteiger partial charge in [0.1, 0.15) is 5.75 Å². The summed E-state index contributed by atoms with van der Waals surface area (Å²) in [5.74, 6) is -0.517. The number of amides is 1. The van der Waals surface area contributed by atoms with Crippen LogP contribution in [0.15, 0.2) is 29.2 Å². The topological polar surface area (TPSA) is 136 Å². The van der Waals surface area contributed by atoms with Crippen molar-refractivity contribution in [2.75, 3.05) is 26.8 Å². The number of hydroxylamine groups is 1. The second kappa shape index (κ2) is 8.06. The molecule has 0 aromatic heterocycles. The highest BCUT2D eigenvalue weighted by Gasteiger charge is 2.28. The lowest BCUT2D eigenvalue weighted by Gasteiger charge is -2.23. The van der Waals surface area contributed by atoms with Gasteiger partial charge in [-0.3, -0.25) is 10.0 Å². The number of sulfonamides is 1. The number of hydrogen-bond acceptors (Lipinski definition) is 7. The van der Waals surface area contributed by atoms with Gasteiger partial charge in [0.05, 0.1) is 31.3 Å². The van der Waals surface area contributed by atoms with Crippen LogP contribution in [0.5, 0.6) is 5.75 Å². The van der Waals surface area contributed by atoms with E-state index in [0.717, 1.165) is 0 Å². The zero-order valence-electron chi connectivity index (χ0n) is 11.8. The average molecular weight is 334 g/mol. The number of nitrogens with one attached hydrogen (secondary N) is 1. The number of hydrogen-bond donors (Lipinski definition) is 4. The maximum atomic E-state index is 12.5. The van der Waals surface area contributed by atoms with Crippen LogP contribution < -0.4 is 10.2 Å². The first kappa shape index (κ1) is 18.3. The fourth-order valence-corrected chi connectivity index (χ4v) is 3.07. The van der Waals surface area contributed by atoms with Crippen molar-refractivity contribution >= 4 is 15.9 Å². The first-order chi connectivity index (χ1) is 10.3. The third-order valence-electron chi connectivity index (χ3n) is 2.77. The van der Waals surface area contributed by atoms with Crippen LogP contribution in [0.25, 0.3) is 0 Å². The van der Waals surface area contributed by atoms with Crippen molar-refractivity contribution in [2.45, 2.75) is 11.0 Å². The number of ether oxygens (including phenoxy) is 1. The zero-order valence-corrected chi connectivity index (χ0v) is 12.7. The van der Waals surface area contributed by atoms with Gasteiger partial charge in [0, 0.05) is 6.54 Å². The molecule has 124 valence electrons. The third-order valence-corrected chi connectivity index (χ3v) is 4.59. The molecule has 1 aromatic carbocycles. The molecule has 10 heteroatoms. The zero-order chi connectivity index (χ0) is 16.8. The van der Waals surface area contributed by atoms with E-state index in [4.69, 9.17) is 15.1 Å². The van der Waals surface area contributed by atoms with E-state index >= 15 is 0 Å². The number of aliphatic hydroxyl groups excluding tert-OH is 2. The molecule has 0 aliphatic rings. The molecule has 0 fully saturated rings. The predicted molar refractivity (Wildman–Crippen MR) is 74.8 cm³/mol. The predicted octanol–water partition coefficient (Wildman–Crippen LogP) is -1.46. The lowest BCUT2D eigenvalue weighted by atomic mass is 10.3. The Hall–Kier alpha value is -1.72. The summed E-state index contributed by atoms with van der Waals surface area (Å²) in [4.78, 5) is 11.1. The van der Waals surface area contributed by atoms with Gasteiger partial charge < -0.3 is 14.9 Å². The molecule has 1 amide bonds. The minimum atomic E-state index is -4.10. The molecule has 0 spiro atoms. The Balaban J connectivity index is 3.09. The van der Waals surface area contributed by atoms with Crippen LogP contribution in [0.2, 0.25) is 0 Å². The third kappa shape index (κ3) is 4.64. The molecule has 1 rings (SSSR count). The Bertz CT molecular complexity index is 588. The SMILES string of the molecule is COc1ccc(S(=O)(=O)N(CC(=O)NO)C[C@H](O)CO)cc1. The summed E-state index contributed by atoms with van der Waals surface area (Å²) in [5.41, 5.74) is 1.32. The number of benzene rings is 1. The molecule has 0 bridgehead atoms. The van der Waals surface area contributed by atoms with E-state index in [9.17, 15) is 18.3 Å². The molecule has 0 aliphatic heterocycles. The number of carbonyl (C=O) groups excluding carboxylic acids is 1. The lowest BCUT2D eigenvalue weighted by Crippen LogP contribution is -2.44. The van der Waals surface area contributed by atoms with E-state index < -0.39 is 41.7 Å². The van der Waals surface area contributed by atoms with Crippen LogP contribution in [0, 0.1) is 0 Å². The minimum absolute atomic E-state index is 0.121. The van der Waals surface area contributed by atoms with Gasteiger partial charge in [0.25, 0.3) is 5.91 Å². The quantitative estimate of drug-likeness (QED) is 0.337. The van der Waals surface area contributed by atoms with Gasteiger partial charge >= 0.3 is 0 Å². The molecule has 22 heavy (non-hydrogen) atoms. The standard InChI is InChI=1S/C12H18N2O7S/c1-21-10-2-4-11(5-3-10)22(19,20)14(6-9(16)8-15)7-12(17)13-18/h2-5,9,15-16,18H,6-8H2,1H3,(H,13,17)/t9-/m0/s1. The number of carbonyl (C=O) groups is 1. The average Bonchev–Trinajstić information content (AvgIpc) is 2.53. The number of rotatable bonds is 8. The lowest BCUT2D eigenvalue weighted by molar-refractivity contribution is -0.129. The van der Waals surface area contributed by atoms with Crippen molar-refractivity contribution in [1.82, 2.24) is 9.79 Å². The molecule has 4 N–H and O–H groups in total. The monoisotopic (exact) mass is 334 g/mol. The van der Waals surface area contributed by atoms with E-state index in [1.165, 1.54) is 36.9 Å². The van der Waals surface area contributed by atoms with Crippen molar-refractivity contribution in [2.24, 2.45) is 0 Å². The Kier molecular flexibility index (Phi) is 6.71. The molecule has 0 aliphatic carbocycles. The summed E-state index contributed by atoms with van der Waals surface area (Å²) in [6.45, 7) is -1.88. The maximum absolute atomic E-state index is 12.5. The van der Waals surface area contributed by atoms with E-state index in [0.29, 0.717) is 10.1 Å². The van der Waals surface area contributed by atoms with Gasteiger partial charge in [0.2, 0.25) is 10.0 Å². The van der Waals surface area contributed by atoms with Gasteiger partial charge in [-0.05, 0) is 24.3 Å². The molecule has 0 heterocycles. The Morgan fingerprint density at radius 1 is 1.36 bits per heavy atom. The Morgan fingerprint density at radius 3 is 2.41 bits per heavy atom. The minimum Gasteiger partial charge on any atom is -0.497 e. The fourth-order valence-electron chi connectivity index (χ4n) is 1.63. The summed E-state index contributed by atoms with van der Waals surface area (Å²) in [5, 5.41) is 26.8. The highest BCUT2D eigenvalue weighted by Crippen LogP contribution is 2.19. The smallest absolute Gasteiger partial charge is 0.258 e. The van der Waals surface area contributed by atoms with Crippen LogP contribution in [-0.2, 0) is 14.8 Å². The second-order valence-electron chi connectivity index (χ2n) is 4.34. The van der Waals surface area contributed by atoms with Crippen molar-refractivity contribution in [3.8, 4) is 5.75 Å². The summed E-state index contributed by atoms with van der Waals surface area (Å²) < 4.78 is 30.5. The highest BCUT2D eigenvalue weighted by atomic mass is 32.2. The summed E-state index contributed by atoms with van der Waals surface area (Å²) in [7, 11) is -2.67. The summed E-state index contributed by atoms with van der Waals surface area (Å²) >= 11 is 0. The van der Waals surface area contributed by atoms with Crippen LogP contribution in [0.3, 0.4) is 0 Å². The largest absolute Gasteiger partial charge is 0.497 e. The highest BCUT2D eigenvalue weighted by molar-refractivity contribution is 7.89. The van der Waals surface area contributed by atoms with Gasteiger partial charge in [-0.2, -0.15) is 4.31 Å². The van der Waals surface area contributed by atoms with E-state index in [2.05, 4.69) is 0 Å². The Labute approximate surface area is 127 Å². The normalized spacial score (nSPS) is 13.0. The number of nitrogens with zero attached hydrogens (tertiary/aromatic N) is 1. The molecule has 0 saturated carbocycles. The van der Waals surface area contributed by atoms with E-state index in [1.807, 2.05) is 0 Å². The van der Waals surface area contributed by atoms with E-state index in [-0.39, 0.29) is 4.90 Å². The van der Waals surface area contributed by atoms with Crippen molar-refractivity contribution in [1.29, 1.82) is 0 Å². The van der Waals surface area contributed by atoms with Crippen LogP contribution in [0.4, 0.5) is 0 Å². The summed E-state index contributed by atoms with van der Waals surface area (Å²) in [6.07, 6.45) is -1.36.